The van der Waals surface area contributed by atoms with E-state index >= 15 is 0 Å². The topological polar surface area (TPSA) is 112 Å². The Kier molecular flexibility index (Phi) is 25.3. The normalized spacial score (nSPS) is 10.9. The van der Waals surface area contributed by atoms with Gasteiger partial charge in [-0.15, -0.1) is 0 Å². The number of azide groups is 1. The third-order valence-electron chi connectivity index (χ3n) is 4.26. The summed E-state index contributed by atoms with van der Waals surface area (Å²) in [5.41, 5.74) is 13.6. The minimum absolute atomic E-state index is 0.357. The quantitative estimate of drug-likeness (QED) is 0.112. The van der Waals surface area contributed by atoms with Gasteiger partial charge >= 0.3 is 0 Å². The highest BCUT2D eigenvalue weighted by Crippen LogP contribution is 2.10. The van der Waals surface area contributed by atoms with Gasteiger partial charge in [0.05, 0.1) is 46.2 Å². The van der Waals surface area contributed by atoms with E-state index in [1.165, 1.54) is 57.8 Å². The fraction of sp³-hybridized carbons (Fsp3) is 1.00. The molecule has 0 aromatic rings. The second-order valence-electron chi connectivity index (χ2n) is 6.73. The van der Waals surface area contributed by atoms with Crippen molar-refractivity contribution in [3.05, 3.63) is 10.4 Å². The van der Waals surface area contributed by atoms with Gasteiger partial charge in [-0.25, -0.2) is 0 Å². The third-order valence-corrected chi connectivity index (χ3v) is 4.26. The minimum Gasteiger partial charge on any atom is -0.379 e. The molecule has 0 aliphatic heterocycles. The average Bonchev–Trinajstić information content (AvgIpc) is 2.71. The van der Waals surface area contributed by atoms with Gasteiger partial charge in [0.1, 0.15) is 0 Å². The summed E-state index contributed by atoms with van der Waals surface area (Å²) in [7, 11) is 0. The first-order valence-corrected chi connectivity index (χ1v) is 10.9. The van der Waals surface area contributed by atoms with Crippen molar-refractivity contribution in [2.24, 2.45) is 10.8 Å². The van der Waals surface area contributed by atoms with Gasteiger partial charge in [-0.3, -0.25) is 0 Å². The van der Waals surface area contributed by atoms with Crippen molar-refractivity contribution in [1.29, 1.82) is 0 Å². The molecule has 0 spiro atoms. The molecule has 0 heterocycles. The minimum atomic E-state index is 0.357. The summed E-state index contributed by atoms with van der Waals surface area (Å²) >= 11 is 0. The van der Waals surface area contributed by atoms with E-state index in [1.54, 1.807) is 0 Å². The maximum Gasteiger partial charge on any atom is 0.0701 e. The van der Waals surface area contributed by atoms with Gasteiger partial charge in [-0.2, -0.15) is 0 Å². The smallest absolute Gasteiger partial charge is 0.0701 e. The Labute approximate surface area is 171 Å². The maximum absolute atomic E-state index is 8.10. The van der Waals surface area contributed by atoms with Gasteiger partial charge in [0, 0.05) is 18.1 Å². The van der Waals surface area contributed by atoms with Crippen LogP contribution < -0.4 is 5.73 Å². The van der Waals surface area contributed by atoms with Gasteiger partial charge in [0.15, 0.2) is 0 Å². The zero-order chi connectivity index (χ0) is 20.4. The largest absolute Gasteiger partial charge is 0.379 e. The second-order valence-corrected chi connectivity index (χ2v) is 6.73. The first-order chi connectivity index (χ1) is 13.9. The van der Waals surface area contributed by atoms with Crippen molar-refractivity contribution in [3.8, 4) is 0 Å². The SMILES string of the molecule is [N-]=[N+]=NCCOCCOCCOCCOCCCCCCCCCCCCN. The zero-order valence-electron chi connectivity index (χ0n) is 17.7. The number of hydrogen-bond acceptors (Lipinski definition) is 6. The molecule has 0 radical (unpaired) electrons. The predicted molar refractivity (Wildman–Crippen MR) is 113 cm³/mol. The summed E-state index contributed by atoms with van der Waals surface area (Å²) in [6.45, 7) is 5.83. The van der Waals surface area contributed by atoms with Crippen LogP contribution in [0.3, 0.4) is 0 Å². The Morgan fingerprint density at radius 1 is 0.536 bits per heavy atom. The highest BCUT2D eigenvalue weighted by Gasteiger charge is 1.95. The number of nitrogens with zero attached hydrogens (tertiary/aromatic N) is 3. The maximum atomic E-state index is 8.10. The lowest BCUT2D eigenvalue weighted by Crippen LogP contribution is -2.12. The Hall–Kier alpha value is -0.890. The molecule has 0 saturated carbocycles. The van der Waals surface area contributed by atoms with E-state index in [4.69, 9.17) is 30.2 Å². The van der Waals surface area contributed by atoms with Crippen molar-refractivity contribution < 1.29 is 18.9 Å². The standard InChI is InChI=1S/C20H42N4O4/c21-11-9-7-5-3-1-2-4-6-8-10-13-25-15-17-27-19-20-28-18-16-26-14-12-23-24-22/h1-21H2. The summed E-state index contributed by atoms with van der Waals surface area (Å²) < 4.78 is 21.6. The molecular formula is C20H42N4O4. The lowest BCUT2D eigenvalue weighted by Gasteiger charge is -2.07. The Morgan fingerprint density at radius 2 is 0.929 bits per heavy atom. The van der Waals surface area contributed by atoms with Crippen molar-refractivity contribution in [3.63, 3.8) is 0 Å². The molecule has 28 heavy (non-hydrogen) atoms. The monoisotopic (exact) mass is 402 g/mol. The number of hydrogen-bond donors (Lipinski definition) is 1. The molecule has 2 N–H and O–H groups in total. The van der Waals surface area contributed by atoms with E-state index < -0.39 is 0 Å². The molecule has 0 unspecified atom stereocenters. The molecule has 0 rings (SSSR count). The van der Waals surface area contributed by atoms with Gasteiger partial charge < -0.3 is 24.7 Å². The second kappa shape index (κ2) is 26.1. The molecule has 0 aliphatic carbocycles. The molecule has 0 saturated heterocycles. The third kappa shape index (κ3) is 25.1. The number of ether oxygens (including phenoxy) is 4. The Morgan fingerprint density at radius 3 is 1.39 bits per heavy atom. The molecule has 166 valence electrons. The summed E-state index contributed by atoms with van der Waals surface area (Å²) in [5, 5.41) is 3.38. The van der Waals surface area contributed by atoms with Crippen LogP contribution in [-0.4, -0.2) is 65.9 Å². The van der Waals surface area contributed by atoms with E-state index in [9.17, 15) is 0 Å². The zero-order valence-corrected chi connectivity index (χ0v) is 17.7. The molecule has 0 fully saturated rings. The van der Waals surface area contributed by atoms with Crippen LogP contribution in [0, 0.1) is 0 Å². The first kappa shape index (κ1) is 27.1. The fourth-order valence-electron chi connectivity index (χ4n) is 2.67. The van der Waals surface area contributed by atoms with E-state index in [-0.39, 0.29) is 0 Å². The van der Waals surface area contributed by atoms with Crippen molar-refractivity contribution >= 4 is 0 Å². The van der Waals surface area contributed by atoms with Crippen LogP contribution in [-0.2, 0) is 18.9 Å². The molecule has 0 bridgehead atoms. The van der Waals surface area contributed by atoms with Crippen molar-refractivity contribution in [2.75, 3.05) is 65.9 Å². The van der Waals surface area contributed by atoms with Crippen LogP contribution >= 0.6 is 0 Å². The Balaban J connectivity index is 2.98. The van der Waals surface area contributed by atoms with Crippen LogP contribution in [0.2, 0.25) is 0 Å². The molecule has 0 aromatic heterocycles. The van der Waals surface area contributed by atoms with E-state index in [2.05, 4.69) is 10.0 Å². The van der Waals surface area contributed by atoms with Crippen LogP contribution in [0.15, 0.2) is 5.11 Å². The molecule has 8 heteroatoms. The van der Waals surface area contributed by atoms with E-state index in [1.807, 2.05) is 0 Å². The van der Waals surface area contributed by atoms with Crippen LogP contribution in [0.25, 0.3) is 10.4 Å². The highest BCUT2D eigenvalue weighted by molar-refractivity contribution is 4.48. The predicted octanol–water partition coefficient (Wildman–Crippen LogP) is 4.22. The van der Waals surface area contributed by atoms with Gasteiger partial charge in [-0.1, -0.05) is 56.5 Å². The van der Waals surface area contributed by atoms with Crippen LogP contribution in [0.4, 0.5) is 0 Å². The average molecular weight is 403 g/mol. The lowest BCUT2D eigenvalue weighted by atomic mass is 10.1. The summed E-state index contributed by atoms with van der Waals surface area (Å²) in [6, 6.07) is 0. The van der Waals surface area contributed by atoms with Crippen molar-refractivity contribution in [2.45, 2.75) is 64.2 Å². The molecule has 0 amide bonds. The van der Waals surface area contributed by atoms with Crippen molar-refractivity contribution in [1.82, 2.24) is 0 Å². The van der Waals surface area contributed by atoms with Crippen LogP contribution in [0.5, 0.6) is 0 Å². The summed E-state index contributed by atoms with van der Waals surface area (Å²) in [4.78, 5) is 2.65. The molecule has 8 nitrogen and oxygen atoms in total. The van der Waals surface area contributed by atoms with E-state index in [0.29, 0.717) is 52.8 Å². The molecule has 0 aliphatic rings. The molecular weight excluding hydrogens is 360 g/mol. The van der Waals surface area contributed by atoms with Gasteiger partial charge in [0.2, 0.25) is 0 Å². The number of nitrogens with two attached hydrogens (primary N) is 1. The number of unbranched alkanes of at least 4 members (excludes halogenated alkanes) is 9. The van der Waals surface area contributed by atoms with Crippen LogP contribution in [0.1, 0.15) is 64.2 Å². The fourth-order valence-corrected chi connectivity index (χ4v) is 2.67. The molecule has 0 atom stereocenters. The lowest BCUT2D eigenvalue weighted by molar-refractivity contribution is -0.00134. The number of rotatable bonds is 24. The molecule has 0 aromatic carbocycles. The highest BCUT2D eigenvalue weighted by atomic mass is 16.6. The summed E-state index contributed by atoms with van der Waals surface area (Å²) in [5.74, 6) is 0. The Bertz CT molecular complexity index is 342. The first-order valence-electron chi connectivity index (χ1n) is 10.9. The van der Waals surface area contributed by atoms with Gasteiger partial charge in [0.25, 0.3) is 0 Å². The van der Waals surface area contributed by atoms with Gasteiger partial charge in [-0.05, 0) is 24.9 Å². The summed E-state index contributed by atoms with van der Waals surface area (Å²) in [6.07, 6.45) is 13.0. The van der Waals surface area contributed by atoms with E-state index in [0.717, 1.165) is 19.6 Å².